The normalized spacial score (nSPS) is 10.8. The summed E-state index contributed by atoms with van der Waals surface area (Å²) in [7, 11) is 0. The molecule has 17 heteroatoms. The number of aromatic nitrogens is 6. The van der Waals surface area contributed by atoms with E-state index in [1.54, 1.807) is 0 Å². The lowest BCUT2D eigenvalue weighted by Crippen LogP contribution is -2.43. The minimum atomic E-state index is -1.04. The van der Waals surface area contributed by atoms with Crippen molar-refractivity contribution in [3.63, 3.8) is 0 Å². The standard InChI is InChI=1S/C19H16BrF2N3O3.C11H9F2N3O3/c20-17-18(26)24(12-28-11-13-4-2-1-3-5-13)19(27)25(23-17)7-6-14-8-15(21)10-16(22)9-14;12-7-3-6(4-8(13)5-7)1-2-16-11(19)14-9(17)10(18)15-16/h1-5,8-10H,6-7,11-12H2;3-5H,1-2H2,(H,15,18)(H,14,17,19). The van der Waals surface area contributed by atoms with E-state index in [2.05, 4.69) is 26.1 Å². The van der Waals surface area contributed by atoms with Gasteiger partial charge in [0.05, 0.1) is 13.2 Å². The molecule has 0 fully saturated rings. The highest BCUT2D eigenvalue weighted by atomic mass is 79.9. The number of hydrogen-bond acceptors (Lipinski definition) is 7. The lowest BCUT2D eigenvalue weighted by molar-refractivity contribution is 0.0568. The van der Waals surface area contributed by atoms with Gasteiger partial charge in [-0.15, -0.1) is 0 Å². The number of aryl methyl sites for hydroxylation is 4. The molecule has 5 rings (SSSR count). The van der Waals surface area contributed by atoms with Crippen LogP contribution in [0.25, 0.3) is 0 Å². The fourth-order valence-electron chi connectivity index (χ4n) is 4.21. The zero-order chi connectivity index (χ0) is 34.1. The molecular formula is C30H25BrF4N6O6. The predicted molar refractivity (Wildman–Crippen MR) is 164 cm³/mol. The van der Waals surface area contributed by atoms with Crippen LogP contribution in [0.5, 0.6) is 0 Å². The Hall–Kier alpha value is -5.16. The SMILES string of the molecule is O=c1[nH]c(=O)n(CCc2cc(F)cc(F)c2)[nH]c1=O.O=c1c(Br)nn(CCc2cc(F)cc(F)c2)c(=O)n1COCc1ccccc1. The van der Waals surface area contributed by atoms with Gasteiger partial charge in [-0.1, -0.05) is 30.3 Å². The number of rotatable bonds is 10. The van der Waals surface area contributed by atoms with E-state index in [4.69, 9.17) is 4.74 Å². The molecule has 2 heterocycles. The maximum Gasteiger partial charge on any atom is 0.349 e. The third kappa shape index (κ3) is 9.91. The molecule has 0 amide bonds. The first-order valence-corrected chi connectivity index (χ1v) is 14.5. The lowest BCUT2D eigenvalue weighted by Gasteiger charge is -2.11. The van der Waals surface area contributed by atoms with Crippen molar-refractivity contribution in [3.05, 3.63) is 163 Å². The van der Waals surface area contributed by atoms with Gasteiger partial charge in [0.2, 0.25) is 0 Å². The maximum atomic E-state index is 13.3. The molecule has 2 N–H and O–H groups in total. The number of nitrogens with one attached hydrogen (secondary N) is 2. The van der Waals surface area contributed by atoms with Crippen LogP contribution in [0.3, 0.4) is 0 Å². The van der Waals surface area contributed by atoms with Crippen LogP contribution >= 0.6 is 15.9 Å². The Kier molecular flexibility index (Phi) is 11.7. The van der Waals surface area contributed by atoms with Crippen molar-refractivity contribution < 1.29 is 22.3 Å². The van der Waals surface area contributed by atoms with Crippen LogP contribution in [0.2, 0.25) is 0 Å². The molecule has 2 aromatic heterocycles. The molecule has 0 saturated carbocycles. The summed E-state index contributed by atoms with van der Waals surface area (Å²) >= 11 is 3.04. The van der Waals surface area contributed by atoms with Crippen LogP contribution in [0, 0.1) is 23.3 Å². The van der Waals surface area contributed by atoms with Crippen molar-refractivity contribution >= 4 is 15.9 Å². The molecule has 0 aliphatic carbocycles. The van der Waals surface area contributed by atoms with E-state index in [0.717, 1.165) is 43.8 Å². The average molecular weight is 721 g/mol. The molecule has 47 heavy (non-hydrogen) atoms. The van der Waals surface area contributed by atoms with Crippen LogP contribution in [-0.2, 0) is 44.0 Å². The highest BCUT2D eigenvalue weighted by molar-refractivity contribution is 9.10. The van der Waals surface area contributed by atoms with Crippen molar-refractivity contribution in [2.45, 2.75) is 39.3 Å². The van der Waals surface area contributed by atoms with Gasteiger partial charge in [-0.25, -0.2) is 41.1 Å². The summed E-state index contributed by atoms with van der Waals surface area (Å²) in [4.78, 5) is 59.8. The zero-order valence-corrected chi connectivity index (χ0v) is 25.8. The zero-order valence-electron chi connectivity index (χ0n) is 24.2. The summed E-state index contributed by atoms with van der Waals surface area (Å²) in [5, 5.41) is 5.96. The molecule has 0 saturated heterocycles. The van der Waals surface area contributed by atoms with Crippen LogP contribution in [-0.4, -0.2) is 29.1 Å². The van der Waals surface area contributed by atoms with Crippen LogP contribution in [0.1, 0.15) is 16.7 Å². The Bertz CT molecular complexity index is 2120. The molecule has 12 nitrogen and oxygen atoms in total. The van der Waals surface area contributed by atoms with Gasteiger partial charge in [-0.3, -0.25) is 24.5 Å². The van der Waals surface area contributed by atoms with Crippen molar-refractivity contribution in [2.24, 2.45) is 0 Å². The molecule has 5 aromatic rings. The second kappa shape index (κ2) is 15.9. The molecule has 246 valence electrons. The highest BCUT2D eigenvalue weighted by Crippen LogP contribution is 2.10. The van der Waals surface area contributed by atoms with Gasteiger partial charge in [0.1, 0.15) is 30.0 Å². The van der Waals surface area contributed by atoms with Crippen molar-refractivity contribution in [3.8, 4) is 0 Å². The summed E-state index contributed by atoms with van der Waals surface area (Å²) in [5.74, 6) is -2.85. The minimum absolute atomic E-state index is 0.0201. The molecule has 0 spiro atoms. The molecule has 3 aromatic carbocycles. The molecular weight excluding hydrogens is 696 g/mol. The van der Waals surface area contributed by atoms with Crippen LogP contribution < -0.4 is 28.1 Å². The van der Waals surface area contributed by atoms with Crippen LogP contribution in [0.15, 0.2) is 95.3 Å². The van der Waals surface area contributed by atoms with Crippen molar-refractivity contribution in [2.75, 3.05) is 0 Å². The molecule has 0 aliphatic rings. The van der Waals surface area contributed by atoms with Crippen molar-refractivity contribution in [1.29, 1.82) is 0 Å². The number of hydrogen-bond donors (Lipinski definition) is 2. The van der Waals surface area contributed by atoms with Gasteiger partial charge < -0.3 is 4.74 Å². The monoisotopic (exact) mass is 720 g/mol. The van der Waals surface area contributed by atoms with E-state index in [1.807, 2.05) is 35.3 Å². The summed E-state index contributed by atoms with van der Waals surface area (Å²) in [6.45, 7) is 0.00451. The quantitative estimate of drug-likeness (QED) is 0.166. The third-order valence-corrected chi connectivity index (χ3v) is 6.90. The van der Waals surface area contributed by atoms with E-state index in [0.29, 0.717) is 11.1 Å². The second-order valence-electron chi connectivity index (χ2n) is 9.90. The number of H-pyrrole nitrogens is 2. The van der Waals surface area contributed by atoms with E-state index >= 15 is 0 Å². The number of benzene rings is 3. The van der Waals surface area contributed by atoms with E-state index in [9.17, 15) is 41.5 Å². The molecule has 0 aliphatic heterocycles. The molecule has 0 atom stereocenters. The first kappa shape index (κ1) is 34.7. The summed E-state index contributed by atoms with van der Waals surface area (Å²) in [6, 6.07) is 15.4. The topological polar surface area (TPSA) is 154 Å². The Balaban J connectivity index is 0.000000229. The largest absolute Gasteiger partial charge is 0.356 e. The van der Waals surface area contributed by atoms with Gasteiger partial charge in [0.15, 0.2) is 4.60 Å². The van der Waals surface area contributed by atoms with Gasteiger partial charge in [0.25, 0.3) is 5.56 Å². The predicted octanol–water partition coefficient (Wildman–Crippen LogP) is 2.61. The van der Waals surface area contributed by atoms with E-state index < -0.39 is 51.3 Å². The van der Waals surface area contributed by atoms with E-state index in [1.165, 1.54) is 12.1 Å². The first-order valence-electron chi connectivity index (χ1n) is 13.7. The Labute approximate surface area is 269 Å². The number of halogens is 5. The summed E-state index contributed by atoms with van der Waals surface area (Å²) in [5.41, 5.74) is -2.48. The van der Waals surface area contributed by atoms with Crippen LogP contribution in [0.4, 0.5) is 17.6 Å². The second-order valence-corrected chi connectivity index (χ2v) is 10.7. The number of aromatic amines is 2. The highest BCUT2D eigenvalue weighted by Gasteiger charge is 2.12. The minimum Gasteiger partial charge on any atom is -0.356 e. The summed E-state index contributed by atoms with van der Waals surface area (Å²) < 4.78 is 60.7. The average Bonchev–Trinajstić information content (AvgIpc) is 3.01. The Morgan fingerprint density at radius 1 is 0.723 bits per heavy atom. The third-order valence-electron chi connectivity index (χ3n) is 6.40. The van der Waals surface area contributed by atoms with Crippen molar-refractivity contribution in [1.82, 2.24) is 29.1 Å². The molecule has 0 unspecified atom stereocenters. The fraction of sp³-hybridized carbons (Fsp3) is 0.200. The Morgan fingerprint density at radius 2 is 1.28 bits per heavy atom. The maximum absolute atomic E-state index is 13.3. The summed E-state index contributed by atoms with van der Waals surface area (Å²) in [6.07, 6.45) is 0.285. The Morgan fingerprint density at radius 3 is 1.85 bits per heavy atom. The molecule has 0 radical (unpaired) electrons. The lowest BCUT2D eigenvalue weighted by atomic mass is 10.1. The number of nitrogens with zero attached hydrogens (tertiary/aromatic N) is 4. The van der Waals surface area contributed by atoms with E-state index in [-0.39, 0.29) is 43.9 Å². The van der Waals surface area contributed by atoms with Gasteiger partial charge in [0, 0.05) is 18.7 Å². The number of ether oxygens (including phenoxy) is 1. The smallest absolute Gasteiger partial charge is 0.349 e. The van der Waals surface area contributed by atoms with Gasteiger partial charge >= 0.3 is 22.5 Å². The van der Waals surface area contributed by atoms with Gasteiger partial charge in [-0.05, 0) is 69.7 Å². The first-order chi connectivity index (χ1) is 22.4. The van der Waals surface area contributed by atoms with Gasteiger partial charge in [-0.2, -0.15) is 5.10 Å². The fourth-order valence-corrected chi connectivity index (χ4v) is 4.61. The molecule has 0 bridgehead atoms.